The van der Waals surface area contributed by atoms with Crippen LogP contribution in [0.5, 0.6) is 0 Å². The maximum atomic E-state index is 10.1. The Hall–Kier alpha value is -0.400. The van der Waals surface area contributed by atoms with Gasteiger partial charge in [-0.1, -0.05) is 0 Å². The summed E-state index contributed by atoms with van der Waals surface area (Å²) in [6, 6.07) is 0. The molecule has 8 atom stereocenters. The second kappa shape index (κ2) is 5.60. The molecule has 3 saturated heterocycles. The summed E-state index contributed by atoms with van der Waals surface area (Å²) in [7, 11) is 0. The summed E-state index contributed by atoms with van der Waals surface area (Å²) in [5.74, 6) is -3.50. The molecule has 0 unspecified atom stereocenters. The second-order valence-electron chi connectivity index (χ2n) is 5.75. The molecule has 3 aliphatic heterocycles. The topological polar surface area (TPSA) is 158 Å². The molecule has 0 amide bonds. The van der Waals surface area contributed by atoms with E-state index < -0.39 is 68.0 Å². The van der Waals surface area contributed by atoms with Crippen molar-refractivity contribution in [3.8, 4) is 0 Å². The van der Waals surface area contributed by atoms with E-state index in [4.69, 9.17) is 18.9 Å². The lowest BCUT2D eigenvalue weighted by molar-refractivity contribution is -0.440. The van der Waals surface area contributed by atoms with E-state index in [1.807, 2.05) is 0 Å². The first kappa shape index (κ1) is 16.5. The van der Waals surface area contributed by atoms with Crippen LogP contribution < -0.4 is 0 Å². The average Bonchev–Trinajstić information content (AvgIpc) is 2.82. The third-order valence-electron chi connectivity index (χ3n) is 4.39. The molecule has 3 rings (SSSR count). The van der Waals surface area contributed by atoms with Crippen LogP contribution in [0.1, 0.15) is 0 Å². The Morgan fingerprint density at radius 2 is 1.68 bits per heavy atom. The Kier molecular flexibility index (Phi) is 4.19. The zero-order valence-corrected chi connectivity index (χ0v) is 11.6. The van der Waals surface area contributed by atoms with Crippen LogP contribution >= 0.6 is 0 Å². The van der Waals surface area contributed by atoms with Gasteiger partial charge in [0.25, 0.3) is 0 Å². The average molecular weight is 324 g/mol. The van der Waals surface area contributed by atoms with Gasteiger partial charge in [0, 0.05) is 0 Å². The molecule has 128 valence electrons. The molecule has 10 heteroatoms. The van der Waals surface area contributed by atoms with Gasteiger partial charge in [-0.25, -0.2) is 0 Å². The number of hydrogen-bond acceptors (Lipinski definition) is 10. The van der Waals surface area contributed by atoms with E-state index >= 15 is 0 Å². The summed E-state index contributed by atoms with van der Waals surface area (Å²) in [5, 5.41) is 58.3. The van der Waals surface area contributed by atoms with Crippen molar-refractivity contribution in [2.45, 2.75) is 48.2 Å². The lowest BCUT2D eigenvalue weighted by atomic mass is 9.94. The molecule has 0 aliphatic carbocycles. The van der Waals surface area contributed by atoms with Crippen molar-refractivity contribution in [3.05, 3.63) is 0 Å². The zero-order valence-electron chi connectivity index (χ0n) is 11.6. The molecule has 6 N–H and O–H groups in total. The van der Waals surface area contributed by atoms with Gasteiger partial charge in [-0.2, -0.15) is 0 Å². The lowest BCUT2D eigenvalue weighted by Gasteiger charge is -2.51. The van der Waals surface area contributed by atoms with Crippen LogP contribution in [0.4, 0.5) is 0 Å². The molecule has 0 aromatic carbocycles. The standard InChI is InChI=1S/C12H20O10/c13-1-6-8(17)10-11(3-14,21-6)20-4-12(22-10)9(18)7(16)5(15)2-19-12/h5-10,13-18H,1-4H2/t5-,6-,7-,8-,9+,10+,11-,12-/m1/s1. The van der Waals surface area contributed by atoms with Crippen LogP contribution in [-0.4, -0.2) is 105 Å². The number of rotatable bonds is 2. The molecule has 0 aromatic heterocycles. The largest absolute Gasteiger partial charge is 0.394 e. The first-order valence-electron chi connectivity index (χ1n) is 6.96. The van der Waals surface area contributed by atoms with Gasteiger partial charge in [-0.3, -0.25) is 0 Å². The van der Waals surface area contributed by atoms with Crippen LogP contribution in [-0.2, 0) is 18.9 Å². The van der Waals surface area contributed by atoms with E-state index in [0.717, 1.165) is 0 Å². The predicted octanol–water partition coefficient (Wildman–Crippen LogP) is -4.35. The van der Waals surface area contributed by atoms with Gasteiger partial charge >= 0.3 is 0 Å². The molecule has 0 saturated carbocycles. The van der Waals surface area contributed by atoms with Gasteiger partial charge < -0.3 is 49.6 Å². The van der Waals surface area contributed by atoms with E-state index in [9.17, 15) is 30.6 Å². The van der Waals surface area contributed by atoms with E-state index in [1.165, 1.54) is 0 Å². The molecule has 3 aliphatic rings. The van der Waals surface area contributed by atoms with Gasteiger partial charge in [0.15, 0.2) is 0 Å². The third-order valence-corrected chi connectivity index (χ3v) is 4.39. The summed E-state index contributed by atoms with van der Waals surface area (Å²) >= 11 is 0. The first-order valence-corrected chi connectivity index (χ1v) is 6.96. The van der Waals surface area contributed by atoms with E-state index in [-0.39, 0.29) is 6.61 Å². The molecule has 0 bridgehead atoms. The van der Waals surface area contributed by atoms with Crippen molar-refractivity contribution in [3.63, 3.8) is 0 Å². The number of hydrogen-bond donors (Lipinski definition) is 6. The highest BCUT2D eigenvalue weighted by atomic mass is 16.8. The van der Waals surface area contributed by atoms with Gasteiger partial charge in [0.1, 0.15) is 49.8 Å². The van der Waals surface area contributed by atoms with Crippen LogP contribution in [0.2, 0.25) is 0 Å². The van der Waals surface area contributed by atoms with Gasteiger partial charge in [-0.05, 0) is 0 Å². The Labute approximate surface area is 125 Å². The number of aliphatic hydroxyl groups is 6. The van der Waals surface area contributed by atoms with E-state index in [2.05, 4.69) is 0 Å². The molecule has 1 spiro atoms. The summed E-state index contributed by atoms with van der Waals surface area (Å²) in [4.78, 5) is 0. The third kappa shape index (κ3) is 2.19. The smallest absolute Gasteiger partial charge is 0.222 e. The van der Waals surface area contributed by atoms with Crippen molar-refractivity contribution >= 4 is 0 Å². The quantitative estimate of drug-likeness (QED) is 0.293. The maximum absolute atomic E-state index is 10.1. The minimum atomic E-state index is -1.81. The Balaban J connectivity index is 1.86. The summed E-state index contributed by atoms with van der Waals surface area (Å²) in [6.07, 6.45) is -8.07. The highest BCUT2D eigenvalue weighted by Crippen LogP contribution is 2.44. The number of fused-ring (bicyclic) bond motifs is 1. The first-order chi connectivity index (χ1) is 10.4. The molecular weight excluding hydrogens is 304 g/mol. The molecule has 22 heavy (non-hydrogen) atoms. The SMILES string of the molecule is OC[C@H]1O[C@@]2(CO)OC[C@@]3(OC[C@@H](O)[C@@H](O)[C@@H]3O)O[C@H]2[C@@H]1O. The van der Waals surface area contributed by atoms with Gasteiger partial charge in [0.2, 0.25) is 11.6 Å². The molecule has 3 fully saturated rings. The summed E-state index contributed by atoms with van der Waals surface area (Å²) in [5.41, 5.74) is 0. The Bertz CT molecular complexity index is 421. The van der Waals surface area contributed by atoms with Crippen LogP contribution in [0.25, 0.3) is 0 Å². The molecule has 0 radical (unpaired) electrons. The summed E-state index contributed by atoms with van der Waals surface area (Å²) < 4.78 is 21.7. The predicted molar refractivity (Wildman–Crippen MR) is 65.3 cm³/mol. The van der Waals surface area contributed by atoms with Gasteiger partial charge in [0.05, 0.1) is 13.2 Å². The monoisotopic (exact) mass is 324 g/mol. The fourth-order valence-corrected chi connectivity index (χ4v) is 3.03. The van der Waals surface area contributed by atoms with Crippen molar-refractivity contribution in [1.82, 2.24) is 0 Å². The summed E-state index contributed by atoms with van der Waals surface area (Å²) in [6.45, 7) is -1.88. The Morgan fingerprint density at radius 3 is 2.32 bits per heavy atom. The lowest BCUT2D eigenvalue weighted by Crippen LogP contribution is -2.71. The highest BCUT2D eigenvalue weighted by molar-refractivity contribution is 5.04. The van der Waals surface area contributed by atoms with Gasteiger partial charge in [-0.15, -0.1) is 0 Å². The zero-order chi connectivity index (χ0) is 16.1. The van der Waals surface area contributed by atoms with Crippen molar-refractivity contribution in [1.29, 1.82) is 0 Å². The van der Waals surface area contributed by atoms with Crippen LogP contribution in [0.3, 0.4) is 0 Å². The van der Waals surface area contributed by atoms with Crippen LogP contribution in [0, 0.1) is 0 Å². The van der Waals surface area contributed by atoms with Crippen molar-refractivity contribution < 1.29 is 49.6 Å². The van der Waals surface area contributed by atoms with Crippen molar-refractivity contribution in [2.24, 2.45) is 0 Å². The Morgan fingerprint density at radius 1 is 0.955 bits per heavy atom. The molecule has 3 heterocycles. The van der Waals surface area contributed by atoms with E-state index in [1.54, 1.807) is 0 Å². The van der Waals surface area contributed by atoms with Crippen LogP contribution in [0.15, 0.2) is 0 Å². The minimum absolute atomic E-state index is 0.305. The maximum Gasteiger partial charge on any atom is 0.222 e. The molecular formula is C12H20O10. The molecule has 0 aromatic rings. The number of aliphatic hydroxyl groups excluding tert-OH is 6. The molecule has 10 nitrogen and oxygen atoms in total. The fraction of sp³-hybridized carbons (Fsp3) is 1.00. The van der Waals surface area contributed by atoms with E-state index in [0.29, 0.717) is 0 Å². The normalized spacial score (nSPS) is 55.4. The van der Waals surface area contributed by atoms with Crippen molar-refractivity contribution in [2.75, 3.05) is 26.4 Å². The second-order valence-corrected chi connectivity index (χ2v) is 5.75. The minimum Gasteiger partial charge on any atom is -0.394 e. The fourth-order valence-electron chi connectivity index (χ4n) is 3.03. The highest BCUT2D eigenvalue weighted by Gasteiger charge is 2.66. The number of ether oxygens (including phenoxy) is 4.